The van der Waals surface area contributed by atoms with Gasteiger partial charge in [-0.3, -0.25) is 14.6 Å². The van der Waals surface area contributed by atoms with Crippen LogP contribution in [0.4, 0.5) is 5.69 Å². The lowest BCUT2D eigenvalue weighted by molar-refractivity contribution is -0.135. The molecule has 6 nitrogen and oxygen atoms in total. The summed E-state index contributed by atoms with van der Waals surface area (Å²) in [7, 11) is 0. The fourth-order valence-corrected chi connectivity index (χ4v) is 1.80. The third-order valence-electron chi connectivity index (χ3n) is 2.80. The average Bonchev–Trinajstić information content (AvgIpc) is 2.83. The molecular weight excluding hydrogens is 246 g/mol. The van der Waals surface area contributed by atoms with Crippen LogP contribution in [0.15, 0.2) is 29.4 Å². The van der Waals surface area contributed by atoms with Gasteiger partial charge in [-0.05, 0) is 31.2 Å². The minimum absolute atomic E-state index is 0.379. The van der Waals surface area contributed by atoms with Crippen molar-refractivity contribution in [2.24, 2.45) is 5.10 Å². The molecule has 0 fully saturated rings. The van der Waals surface area contributed by atoms with Gasteiger partial charge in [-0.1, -0.05) is 0 Å². The molecule has 19 heavy (non-hydrogen) atoms. The standard InChI is InChI=1S/C13H15N3O3/c1-9-6-7-16(15-9)11-4-2-10(3-5-11)13(19)14-8-12(17)18/h2-5H,6-8H2,1H3,(H,14,19)(H,17,18). The predicted octanol–water partition coefficient (Wildman–Crippen LogP) is 1.09. The van der Waals surface area contributed by atoms with Gasteiger partial charge in [0.15, 0.2) is 0 Å². The Morgan fingerprint density at radius 2 is 2.05 bits per heavy atom. The number of hydrogen-bond donors (Lipinski definition) is 2. The number of carboxylic acids is 1. The first-order valence-corrected chi connectivity index (χ1v) is 5.98. The number of carboxylic acid groups (broad SMARTS) is 1. The molecule has 1 aliphatic rings. The van der Waals surface area contributed by atoms with Crippen LogP contribution in [0.5, 0.6) is 0 Å². The van der Waals surface area contributed by atoms with Gasteiger partial charge in [0.2, 0.25) is 0 Å². The van der Waals surface area contributed by atoms with Crippen LogP contribution in [0.2, 0.25) is 0 Å². The van der Waals surface area contributed by atoms with E-state index in [1.807, 2.05) is 11.9 Å². The monoisotopic (exact) mass is 261 g/mol. The Morgan fingerprint density at radius 3 is 2.58 bits per heavy atom. The molecule has 1 heterocycles. The highest BCUT2D eigenvalue weighted by Gasteiger charge is 2.13. The van der Waals surface area contributed by atoms with Crippen LogP contribution in [0, 0.1) is 0 Å². The van der Waals surface area contributed by atoms with E-state index >= 15 is 0 Å². The molecule has 0 radical (unpaired) electrons. The molecule has 1 aliphatic heterocycles. The van der Waals surface area contributed by atoms with Crippen molar-refractivity contribution < 1.29 is 14.7 Å². The molecule has 0 unspecified atom stereocenters. The number of anilines is 1. The summed E-state index contributed by atoms with van der Waals surface area (Å²) in [5.41, 5.74) is 2.44. The lowest BCUT2D eigenvalue weighted by Crippen LogP contribution is -2.29. The second-order valence-corrected chi connectivity index (χ2v) is 4.33. The number of carbonyl (C=O) groups is 2. The smallest absolute Gasteiger partial charge is 0.322 e. The van der Waals surface area contributed by atoms with Crippen LogP contribution in [0.3, 0.4) is 0 Å². The van der Waals surface area contributed by atoms with Crippen molar-refractivity contribution in [1.29, 1.82) is 0 Å². The summed E-state index contributed by atoms with van der Waals surface area (Å²) in [5, 5.41) is 17.0. The molecule has 0 atom stereocenters. The minimum atomic E-state index is -1.06. The maximum Gasteiger partial charge on any atom is 0.322 e. The third kappa shape index (κ3) is 3.31. The highest BCUT2D eigenvalue weighted by Crippen LogP contribution is 2.19. The van der Waals surface area contributed by atoms with Gasteiger partial charge in [0.05, 0.1) is 5.69 Å². The molecule has 0 aromatic heterocycles. The topological polar surface area (TPSA) is 82.0 Å². The summed E-state index contributed by atoms with van der Waals surface area (Å²) in [4.78, 5) is 22.0. The lowest BCUT2D eigenvalue weighted by Gasteiger charge is -2.13. The van der Waals surface area contributed by atoms with E-state index < -0.39 is 11.9 Å². The van der Waals surface area contributed by atoms with Gasteiger partial charge in [0, 0.05) is 24.2 Å². The fraction of sp³-hybridized carbons (Fsp3) is 0.308. The summed E-state index contributed by atoms with van der Waals surface area (Å²) >= 11 is 0. The van der Waals surface area contributed by atoms with Crippen LogP contribution in [0.1, 0.15) is 23.7 Å². The van der Waals surface area contributed by atoms with E-state index in [0.29, 0.717) is 5.56 Å². The molecule has 0 bridgehead atoms. The quantitative estimate of drug-likeness (QED) is 0.850. The van der Waals surface area contributed by atoms with Gasteiger partial charge in [0.25, 0.3) is 5.91 Å². The van der Waals surface area contributed by atoms with Gasteiger partial charge in [0.1, 0.15) is 6.54 Å². The van der Waals surface area contributed by atoms with Crippen molar-refractivity contribution >= 4 is 23.3 Å². The number of carbonyl (C=O) groups excluding carboxylic acids is 1. The summed E-state index contributed by atoms with van der Waals surface area (Å²) in [6.07, 6.45) is 0.945. The van der Waals surface area contributed by atoms with Crippen LogP contribution < -0.4 is 10.3 Å². The molecule has 0 saturated carbocycles. The molecule has 2 N–H and O–H groups in total. The Labute approximate surface area is 110 Å². The number of hydrogen-bond acceptors (Lipinski definition) is 4. The van der Waals surface area contributed by atoms with Crippen molar-refractivity contribution in [2.45, 2.75) is 13.3 Å². The summed E-state index contributed by atoms with van der Waals surface area (Å²) in [5.74, 6) is -1.46. The van der Waals surface area contributed by atoms with Crippen molar-refractivity contribution in [2.75, 3.05) is 18.1 Å². The van der Waals surface area contributed by atoms with Crippen LogP contribution in [0.25, 0.3) is 0 Å². The molecule has 6 heteroatoms. The van der Waals surface area contributed by atoms with Gasteiger partial charge in [-0.25, -0.2) is 0 Å². The zero-order valence-electron chi connectivity index (χ0n) is 10.6. The summed E-state index contributed by atoms with van der Waals surface area (Å²) in [6.45, 7) is 2.44. The van der Waals surface area contributed by atoms with Crippen molar-refractivity contribution in [3.63, 3.8) is 0 Å². The van der Waals surface area contributed by atoms with Gasteiger partial charge in [-0.2, -0.15) is 5.10 Å². The van der Waals surface area contributed by atoms with E-state index in [-0.39, 0.29) is 6.54 Å². The van der Waals surface area contributed by atoms with E-state index in [9.17, 15) is 9.59 Å². The minimum Gasteiger partial charge on any atom is -0.480 e. The zero-order chi connectivity index (χ0) is 13.8. The van der Waals surface area contributed by atoms with E-state index in [0.717, 1.165) is 24.4 Å². The van der Waals surface area contributed by atoms with E-state index in [1.54, 1.807) is 24.3 Å². The molecule has 1 aromatic carbocycles. The Kier molecular flexibility index (Phi) is 3.79. The number of hydrazone groups is 1. The van der Waals surface area contributed by atoms with Crippen molar-refractivity contribution in [3.8, 4) is 0 Å². The van der Waals surface area contributed by atoms with E-state index in [4.69, 9.17) is 5.11 Å². The molecule has 1 amide bonds. The Morgan fingerprint density at radius 1 is 1.37 bits per heavy atom. The molecule has 0 saturated heterocycles. The van der Waals surface area contributed by atoms with Crippen LogP contribution in [-0.2, 0) is 4.79 Å². The van der Waals surface area contributed by atoms with E-state index in [1.165, 1.54) is 0 Å². The van der Waals surface area contributed by atoms with Crippen LogP contribution in [-0.4, -0.2) is 35.8 Å². The Hall–Kier alpha value is -2.37. The molecule has 0 aliphatic carbocycles. The lowest BCUT2D eigenvalue weighted by atomic mass is 10.2. The molecule has 1 aromatic rings. The second kappa shape index (κ2) is 5.51. The summed E-state index contributed by atoms with van der Waals surface area (Å²) < 4.78 is 0. The Bertz CT molecular complexity index is 522. The molecule has 100 valence electrons. The first-order chi connectivity index (χ1) is 9.06. The van der Waals surface area contributed by atoms with Gasteiger partial charge in [-0.15, -0.1) is 0 Å². The van der Waals surface area contributed by atoms with Gasteiger partial charge < -0.3 is 10.4 Å². The van der Waals surface area contributed by atoms with E-state index in [2.05, 4.69) is 10.4 Å². The molecule has 2 rings (SSSR count). The molecular formula is C13H15N3O3. The zero-order valence-corrected chi connectivity index (χ0v) is 10.6. The second-order valence-electron chi connectivity index (χ2n) is 4.33. The highest BCUT2D eigenvalue weighted by molar-refractivity contribution is 5.96. The number of nitrogens with zero attached hydrogens (tertiary/aromatic N) is 2. The molecule has 0 spiro atoms. The average molecular weight is 261 g/mol. The first kappa shape index (κ1) is 13.1. The number of nitrogens with one attached hydrogen (secondary N) is 1. The number of amides is 1. The number of benzene rings is 1. The number of aliphatic carboxylic acids is 1. The normalized spacial score (nSPS) is 14.2. The predicted molar refractivity (Wildman–Crippen MR) is 71.5 cm³/mol. The largest absolute Gasteiger partial charge is 0.480 e. The SMILES string of the molecule is CC1=NN(c2ccc(C(=O)NCC(=O)O)cc2)CC1. The van der Waals surface area contributed by atoms with Crippen molar-refractivity contribution in [3.05, 3.63) is 29.8 Å². The summed E-state index contributed by atoms with van der Waals surface area (Å²) in [6, 6.07) is 6.93. The van der Waals surface area contributed by atoms with Crippen LogP contribution >= 0.6 is 0 Å². The number of rotatable bonds is 4. The fourth-order valence-electron chi connectivity index (χ4n) is 1.80. The Balaban J connectivity index is 2.02. The third-order valence-corrected chi connectivity index (χ3v) is 2.80. The first-order valence-electron chi connectivity index (χ1n) is 5.98. The maximum atomic E-state index is 11.6. The highest BCUT2D eigenvalue weighted by atomic mass is 16.4. The maximum absolute atomic E-state index is 11.6. The van der Waals surface area contributed by atoms with Crippen molar-refractivity contribution in [1.82, 2.24) is 5.32 Å². The van der Waals surface area contributed by atoms with Gasteiger partial charge >= 0.3 is 5.97 Å².